The van der Waals surface area contributed by atoms with Crippen LogP contribution in [0.1, 0.15) is 19.8 Å². The molecule has 0 aliphatic carbocycles. The van der Waals surface area contributed by atoms with Gasteiger partial charge in [-0.3, -0.25) is 0 Å². The lowest BCUT2D eigenvalue weighted by atomic mass is 9.98. The first-order valence-corrected chi connectivity index (χ1v) is 5.14. The standard InChI is InChI=1S/C8H17NOS/c1-7-3-4-8(5-9,10-2)6-11-7/h7H,3-6,9H2,1-2H3. The third kappa shape index (κ3) is 2.10. The average Bonchev–Trinajstić information content (AvgIpc) is 2.07. The summed E-state index contributed by atoms with van der Waals surface area (Å²) in [6.07, 6.45) is 2.35. The normalized spacial score (nSPS) is 39.0. The summed E-state index contributed by atoms with van der Waals surface area (Å²) in [5.41, 5.74) is 5.64. The summed E-state index contributed by atoms with van der Waals surface area (Å²) in [4.78, 5) is 0. The second kappa shape index (κ2) is 3.78. The number of nitrogens with two attached hydrogens (primary N) is 1. The number of thioether (sulfide) groups is 1. The molecule has 2 atom stereocenters. The lowest BCUT2D eigenvalue weighted by molar-refractivity contribution is 0.00674. The van der Waals surface area contributed by atoms with E-state index in [4.69, 9.17) is 10.5 Å². The number of ether oxygens (including phenoxy) is 1. The van der Waals surface area contributed by atoms with Crippen molar-refractivity contribution in [2.24, 2.45) is 5.73 Å². The number of hydrogen-bond acceptors (Lipinski definition) is 3. The molecule has 2 N–H and O–H groups in total. The predicted octanol–water partition coefficient (Wildman–Crippen LogP) is 1.25. The SMILES string of the molecule is COC1(CN)CCC(C)SC1. The van der Waals surface area contributed by atoms with Gasteiger partial charge < -0.3 is 10.5 Å². The van der Waals surface area contributed by atoms with Crippen LogP contribution in [0.3, 0.4) is 0 Å². The molecule has 0 aromatic heterocycles. The Morgan fingerprint density at radius 2 is 2.45 bits per heavy atom. The van der Waals surface area contributed by atoms with Crippen molar-refractivity contribution in [3.8, 4) is 0 Å². The summed E-state index contributed by atoms with van der Waals surface area (Å²) in [5.74, 6) is 1.06. The summed E-state index contributed by atoms with van der Waals surface area (Å²) < 4.78 is 5.43. The molecule has 2 unspecified atom stereocenters. The van der Waals surface area contributed by atoms with Crippen LogP contribution in [0.25, 0.3) is 0 Å². The topological polar surface area (TPSA) is 35.2 Å². The summed E-state index contributed by atoms with van der Waals surface area (Å²) in [6.45, 7) is 2.92. The van der Waals surface area contributed by atoms with E-state index in [0.717, 1.165) is 17.4 Å². The molecule has 0 spiro atoms. The van der Waals surface area contributed by atoms with Crippen LogP contribution in [-0.2, 0) is 4.74 Å². The molecule has 0 aromatic carbocycles. The number of hydrogen-bond donors (Lipinski definition) is 1. The lowest BCUT2D eigenvalue weighted by Gasteiger charge is -2.36. The second-order valence-electron chi connectivity index (χ2n) is 3.25. The maximum absolute atomic E-state index is 5.66. The Kier molecular flexibility index (Phi) is 3.22. The van der Waals surface area contributed by atoms with Crippen molar-refractivity contribution < 1.29 is 4.74 Å². The summed E-state index contributed by atoms with van der Waals surface area (Å²) in [7, 11) is 1.77. The molecule has 1 rings (SSSR count). The average molecular weight is 175 g/mol. The van der Waals surface area contributed by atoms with Crippen LogP contribution < -0.4 is 5.73 Å². The summed E-state index contributed by atoms with van der Waals surface area (Å²) >= 11 is 1.97. The highest BCUT2D eigenvalue weighted by molar-refractivity contribution is 8.00. The minimum absolute atomic E-state index is 0.0167. The number of rotatable bonds is 2. The zero-order valence-electron chi connectivity index (χ0n) is 7.30. The van der Waals surface area contributed by atoms with Gasteiger partial charge in [0.1, 0.15) is 0 Å². The molecule has 0 bridgehead atoms. The van der Waals surface area contributed by atoms with Crippen molar-refractivity contribution in [2.45, 2.75) is 30.6 Å². The van der Waals surface area contributed by atoms with Gasteiger partial charge >= 0.3 is 0 Å². The van der Waals surface area contributed by atoms with Gasteiger partial charge in [-0.25, -0.2) is 0 Å². The van der Waals surface area contributed by atoms with Gasteiger partial charge in [-0.2, -0.15) is 11.8 Å². The van der Waals surface area contributed by atoms with Crippen molar-refractivity contribution >= 4 is 11.8 Å². The molecule has 0 saturated carbocycles. The molecule has 1 heterocycles. The Morgan fingerprint density at radius 3 is 2.82 bits per heavy atom. The molecule has 0 amide bonds. The van der Waals surface area contributed by atoms with E-state index in [-0.39, 0.29) is 5.60 Å². The Bertz CT molecular complexity index is 115. The van der Waals surface area contributed by atoms with Crippen molar-refractivity contribution in [3.05, 3.63) is 0 Å². The Hall–Kier alpha value is 0.270. The maximum Gasteiger partial charge on any atom is 0.0890 e. The Balaban J connectivity index is 2.45. The van der Waals surface area contributed by atoms with Crippen LogP contribution in [0, 0.1) is 0 Å². The van der Waals surface area contributed by atoms with Crippen LogP contribution in [-0.4, -0.2) is 30.3 Å². The van der Waals surface area contributed by atoms with Crippen LogP contribution in [0.2, 0.25) is 0 Å². The molecule has 3 heteroatoms. The summed E-state index contributed by atoms with van der Waals surface area (Å²) in [5, 5.41) is 0.782. The van der Waals surface area contributed by atoms with E-state index in [0.29, 0.717) is 6.54 Å². The van der Waals surface area contributed by atoms with E-state index >= 15 is 0 Å². The van der Waals surface area contributed by atoms with E-state index in [1.165, 1.54) is 6.42 Å². The van der Waals surface area contributed by atoms with Crippen molar-refractivity contribution in [2.75, 3.05) is 19.4 Å². The highest BCUT2D eigenvalue weighted by Gasteiger charge is 2.32. The van der Waals surface area contributed by atoms with Crippen LogP contribution in [0.4, 0.5) is 0 Å². The zero-order chi connectivity index (χ0) is 8.32. The predicted molar refractivity (Wildman–Crippen MR) is 49.9 cm³/mol. The monoisotopic (exact) mass is 175 g/mol. The van der Waals surface area contributed by atoms with Gasteiger partial charge in [0.2, 0.25) is 0 Å². The maximum atomic E-state index is 5.66. The Morgan fingerprint density at radius 1 is 1.73 bits per heavy atom. The minimum atomic E-state index is -0.0167. The quantitative estimate of drug-likeness (QED) is 0.686. The fraction of sp³-hybridized carbons (Fsp3) is 1.00. The molecule has 1 aliphatic heterocycles. The first-order chi connectivity index (χ1) is 5.22. The van der Waals surface area contributed by atoms with Gasteiger partial charge in [-0.05, 0) is 12.8 Å². The molecule has 0 aromatic rings. The fourth-order valence-corrected chi connectivity index (χ4v) is 2.57. The van der Waals surface area contributed by atoms with E-state index < -0.39 is 0 Å². The molecule has 0 radical (unpaired) electrons. The fourth-order valence-electron chi connectivity index (χ4n) is 1.32. The highest BCUT2D eigenvalue weighted by Crippen LogP contribution is 2.33. The first-order valence-electron chi connectivity index (χ1n) is 4.09. The van der Waals surface area contributed by atoms with Gasteiger partial charge in [0, 0.05) is 24.7 Å². The van der Waals surface area contributed by atoms with Crippen LogP contribution in [0.5, 0.6) is 0 Å². The van der Waals surface area contributed by atoms with E-state index in [9.17, 15) is 0 Å². The van der Waals surface area contributed by atoms with Crippen molar-refractivity contribution in [1.82, 2.24) is 0 Å². The highest BCUT2D eigenvalue weighted by atomic mass is 32.2. The van der Waals surface area contributed by atoms with Crippen molar-refractivity contribution in [3.63, 3.8) is 0 Å². The van der Waals surface area contributed by atoms with Gasteiger partial charge in [-0.1, -0.05) is 6.92 Å². The molecular weight excluding hydrogens is 158 g/mol. The van der Waals surface area contributed by atoms with Gasteiger partial charge in [0.15, 0.2) is 0 Å². The van der Waals surface area contributed by atoms with Crippen molar-refractivity contribution in [1.29, 1.82) is 0 Å². The Labute approximate surface area is 72.9 Å². The molecule has 1 fully saturated rings. The molecule has 1 saturated heterocycles. The van der Waals surface area contributed by atoms with E-state index in [1.54, 1.807) is 7.11 Å². The lowest BCUT2D eigenvalue weighted by Crippen LogP contribution is -2.45. The largest absolute Gasteiger partial charge is 0.376 e. The molecular formula is C8H17NOS. The molecule has 1 aliphatic rings. The van der Waals surface area contributed by atoms with Gasteiger partial charge in [0.25, 0.3) is 0 Å². The first kappa shape index (κ1) is 9.36. The van der Waals surface area contributed by atoms with Gasteiger partial charge in [-0.15, -0.1) is 0 Å². The summed E-state index contributed by atoms with van der Waals surface area (Å²) in [6, 6.07) is 0. The molecule has 2 nitrogen and oxygen atoms in total. The smallest absolute Gasteiger partial charge is 0.0890 e. The third-order valence-corrected chi connectivity index (χ3v) is 3.94. The minimum Gasteiger partial charge on any atom is -0.376 e. The zero-order valence-corrected chi connectivity index (χ0v) is 8.12. The van der Waals surface area contributed by atoms with Crippen LogP contribution >= 0.6 is 11.8 Å². The molecule has 11 heavy (non-hydrogen) atoms. The second-order valence-corrected chi connectivity index (χ2v) is 4.68. The molecule has 66 valence electrons. The van der Waals surface area contributed by atoms with E-state index in [1.807, 2.05) is 11.8 Å². The van der Waals surface area contributed by atoms with E-state index in [2.05, 4.69) is 6.92 Å². The number of methoxy groups -OCH3 is 1. The third-order valence-electron chi connectivity index (χ3n) is 2.44. The van der Waals surface area contributed by atoms with Crippen LogP contribution in [0.15, 0.2) is 0 Å². The van der Waals surface area contributed by atoms with Gasteiger partial charge in [0.05, 0.1) is 5.60 Å².